The first-order valence-corrected chi connectivity index (χ1v) is 8.65. The predicted molar refractivity (Wildman–Crippen MR) is 92.7 cm³/mol. The van der Waals surface area contributed by atoms with E-state index in [9.17, 15) is 0 Å². The van der Waals surface area contributed by atoms with E-state index in [0.29, 0.717) is 10.0 Å². The van der Waals surface area contributed by atoms with Crippen LogP contribution in [-0.4, -0.2) is 23.5 Å². The second-order valence-corrected chi connectivity index (χ2v) is 6.25. The predicted octanol–water partition coefficient (Wildman–Crippen LogP) is 4.31. The van der Waals surface area contributed by atoms with Crippen molar-refractivity contribution in [1.82, 2.24) is 0 Å². The molecule has 0 unspecified atom stereocenters. The first-order chi connectivity index (χ1) is 9.15. The lowest BCUT2D eigenvalue weighted by molar-refractivity contribution is 0.689. The van der Waals surface area contributed by atoms with Crippen molar-refractivity contribution in [3.63, 3.8) is 0 Å². The highest BCUT2D eigenvalue weighted by atomic mass is 35.5. The minimum atomic E-state index is 0.380. The van der Waals surface area contributed by atoms with Gasteiger partial charge in [0.15, 0.2) is 0 Å². The van der Waals surface area contributed by atoms with Crippen molar-refractivity contribution >= 4 is 46.3 Å². The van der Waals surface area contributed by atoms with Crippen LogP contribution in [0.3, 0.4) is 0 Å². The van der Waals surface area contributed by atoms with E-state index >= 15 is 0 Å². The van der Waals surface area contributed by atoms with Gasteiger partial charge >= 0.3 is 0 Å². The van der Waals surface area contributed by atoms with Crippen molar-refractivity contribution < 1.29 is 0 Å². The van der Waals surface area contributed by atoms with E-state index in [1.165, 1.54) is 25.0 Å². The molecule has 1 aromatic rings. The number of hydrogen-bond acceptors (Lipinski definition) is 3. The number of benzene rings is 1. The molecule has 0 bridgehead atoms. The van der Waals surface area contributed by atoms with Crippen LogP contribution in [0.1, 0.15) is 31.2 Å². The van der Waals surface area contributed by atoms with Crippen molar-refractivity contribution in [1.29, 1.82) is 0 Å². The van der Waals surface area contributed by atoms with Crippen molar-refractivity contribution in [3.05, 3.63) is 28.8 Å². The van der Waals surface area contributed by atoms with Gasteiger partial charge < -0.3 is 11.1 Å². The molecule has 0 fully saturated rings. The van der Waals surface area contributed by atoms with Gasteiger partial charge in [-0.1, -0.05) is 36.7 Å². The maximum atomic E-state index is 5.95. The molecule has 1 rings (SSSR count). The van der Waals surface area contributed by atoms with Gasteiger partial charge in [-0.15, -0.1) is 0 Å². The summed E-state index contributed by atoms with van der Waals surface area (Å²) >= 11 is 12.9. The average Bonchev–Trinajstić information content (AvgIpc) is 2.39. The molecular formula is C14H21ClN2S2. The fraction of sp³-hybridized carbons (Fsp3) is 0.500. The van der Waals surface area contributed by atoms with E-state index in [2.05, 4.69) is 11.6 Å². The summed E-state index contributed by atoms with van der Waals surface area (Å²) in [5, 5.41) is 4.04. The van der Waals surface area contributed by atoms with Gasteiger partial charge in [0.2, 0.25) is 0 Å². The van der Waals surface area contributed by atoms with Gasteiger partial charge in [-0.25, -0.2) is 0 Å². The molecule has 0 amide bonds. The van der Waals surface area contributed by atoms with Gasteiger partial charge in [0.05, 0.1) is 0 Å². The van der Waals surface area contributed by atoms with E-state index in [-0.39, 0.29) is 0 Å². The van der Waals surface area contributed by atoms with Crippen LogP contribution in [0, 0.1) is 0 Å². The van der Waals surface area contributed by atoms with Gasteiger partial charge in [-0.05, 0) is 43.0 Å². The van der Waals surface area contributed by atoms with Crippen molar-refractivity contribution in [2.75, 3.05) is 23.9 Å². The molecule has 0 aliphatic rings. The second kappa shape index (κ2) is 9.45. The van der Waals surface area contributed by atoms with E-state index in [1.807, 2.05) is 30.0 Å². The van der Waals surface area contributed by atoms with Gasteiger partial charge in [-0.3, -0.25) is 0 Å². The smallest absolute Gasteiger partial charge is 0.106 e. The van der Waals surface area contributed by atoms with Crippen LogP contribution in [0.15, 0.2) is 18.2 Å². The number of nitrogens with two attached hydrogens (primary N) is 1. The Morgan fingerprint density at radius 3 is 2.74 bits per heavy atom. The van der Waals surface area contributed by atoms with E-state index in [1.54, 1.807) is 0 Å². The van der Waals surface area contributed by atoms with Gasteiger partial charge in [0.1, 0.15) is 4.99 Å². The van der Waals surface area contributed by atoms with E-state index < -0.39 is 0 Å². The maximum Gasteiger partial charge on any atom is 0.106 e. The highest BCUT2D eigenvalue weighted by Crippen LogP contribution is 2.20. The molecule has 0 radical (unpaired) electrons. The topological polar surface area (TPSA) is 38.0 Å². The lowest BCUT2D eigenvalue weighted by Crippen LogP contribution is -2.13. The molecule has 19 heavy (non-hydrogen) atoms. The summed E-state index contributed by atoms with van der Waals surface area (Å²) in [7, 11) is 0. The van der Waals surface area contributed by atoms with E-state index in [0.717, 1.165) is 24.2 Å². The third kappa shape index (κ3) is 6.50. The molecule has 0 spiro atoms. The van der Waals surface area contributed by atoms with Crippen molar-refractivity contribution in [2.45, 2.75) is 25.7 Å². The summed E-state index contributed by atoms with van der Waals surface area (Å²) in [4.78, 5) is 0.380. The lowest BCUT2D eigenvalue weighted by Gasteiger charge is -2.11. The number of nitrogens with one attached hydrogen (secondary N) is 1. The Balaban J connectivity index is 2.35. The van der Waals surface area contributed by atoms with Crippen LogP contribution < -0.4 is 11.1 Å². The molecule has 0 atom stereocenters. The highest BCUT2D eigenvalue weighted by Gasteiger charge is 2.05. The SMILES string of the molecule is CSCCCCCCNc1ccc(Cl)cc1C(N)=S. The Morgan fingerprint density at radius 1 is 1.32 bits per heavy atom. The average molecular weight is 317 g/mol. The molecule has 0 aliphatic heterocycles. The standard InChI is InChI=1S/C14H21ClN2S2/c1-19-9-5-3-2-4-8-17-13-7-6-11(15)10-12(13)14(16)18/h6-7,10,17H,2-5,8-9H2,1H3,(H2,16,18). The summed E-state index contributed by atoms with van der Waals surface area (Å²) in [6.45, 7) is 0.941. The zero-order chi connectivity index (χ0) is 14.1. The first-order valence-electron chi connectivity index (χ1n) is 6.47. The number of thioether (sulfide) groups is 1. The molecule has 3 N–H and O–H groups in total. The van der Waals surface area contributed by atoms with Crippen LogP contribution in [0.2, 0.25) is 5.02 Å². The van der Waals surface area contributed by atoms with Crippen LogP contribution >= 0.6 is 35.6 Å². The lowest BCUT2D eigenvalue weighted by atomic mass is 10.1. The summed E-state index contributed by atoms with van der Waals surface area (Å²) < 4.78 is 0. The van der Waals surface area contributed by atoms with Gasteiger partial charge in [0.25, 0.3) is 0 Å². The third-order valence-corrected chi connectivity index (χ3v) is 3.99. The molecule has 0 heterocycles. The van der Waals surface area contributed by atoms with E-state index in [4.69, 9.17) is 29.6 Å². The number of halogens is 1. The van der Waals surface area contributed by atoms with Crippen LogP contribution in [0.25, 0.3) is 0 Å². The molecule has 5 heteroatoms. The number of anilines is 1. The Labute approximate surface area is 130 Å². The molecule has 0 saturated heterocycles. The Bertz CT molecular complexity index is 410. The fourth-order valence-corrected chi connectivity index (χ4v) is 2.66. The number of hydrogen-bond donors (Lipinski definition) is 2. The molecule has 106 valence electrons. The van der Waals surface area contributed by atoms with Gasteiger partial charge in [0, 0.05) is 22.8 Å². The number of unbranched alkanes of at least 4 members (excludes halogenated alkanes) is 3. The fourth-order valence-electron chi connectivity index (χ4n) is 1.82. The largest absolute Gasteiger partial charge is 0.389 e. The van der Waals surface area contributed by atoms with Crippen LogP contribution in [0.5, 0.6) is 0 Å². The first kappa shape index (κ1) is 16.6. The second-order valence-electron chi connectivity index (χ2n) is 4.39. The van der Waals surface area contributed by atoms with Crippen molar-refractivity contribution in [2.24, 2.45) is 5.73 Å². The summed E-state index contributed by atoms with van der Waals surface area (Å²) in [5.74, 6) is 1.26. The molecule has 0 saturated carbocycles. The zero-order valence-electron chi connectivity index (χ0n) is 11.2. The Morgan fingerprint density at radius 2 is 2.05 bits per heavy atom. The molecule has 2 nitrogen and oxygen atoms in total. The quantitative estimate of drug-likeness (QED) is 0.526. The van der Waals surface area contributed by atoms with Crippen LogP contribution in [-0.2, 0) is 0 Å². The normalized spacial score (nSPS) is 10.4. The zero-order valence-corrected chi connectivity index (χ0v) is 13.6. The number of thiocarbonyl (C=S) groups is 1. The highest BCUT2D eigenvalue weighted by molar-refractivity contribution is 7.98. The minimum Gasteiger partial charge on any atom is -0.389 e. The molecule has 1 aromatic carbocycles. The summed E-state index contributed by atoms with van der Waals surface area (Å²) in [6.07, 6.45) is 7.17. The van der Waals surface area contributed by atoms with Crippen molar-refractivity contribution in [3.8, 4) is 0 Å². The summed E-state index contributed by atoms with van der Waals surface area (Å²) in [5.41, 5.74) is 7.50. The van der Waals surface area contributed by atoms with Gasteiger partial charge in [-0.2, -0.15) is 11.8 Å². The molecular weight excluding hydrogens is 296 g/mol. The van der Waals surface area contributed by atoms with Crippen LogP contribution in [0.4, 0.5) is 5.69 Å². The molecule has 0 aliphatic carbocycles. The Hall–Kier alpha value is -0.450. The Kier molecular flexibility index (Phi) is 8.26. The minimum absolute atomic E-state index is 0.380. The number of rotatable bonds is 9. The third-order valence-electron chi connectivity index (χ3n) is 2.84. The summed E-state index contributed by atoms with van der Waals surface area (Å²) in [6, 6.07) is 5.60. The monoisotopic (exact) mass is 316 g/mol. The maximum absolute atomic E-state index is 5.95. The molecule has 0 aromatic heterocycles.